The third kappa shape index (κ3) is 8.38. The van der Waals surface area contributed by atoms with E-state index in [0.29, 0.717) is 56.3 Å². The maximum absolute atomic E-state index is 15.9. The van der Waals surface area contributed by atoms with Crippen LogP contribution >= 0.6 is 0 Å². The number of allylic oxidation sites excluding steroid dienone is 1. The van der Waals surface area contributed by atoms with Crippen LogP contribution in [0.5, 0.6) is 0 Å². The maximum atomic E-state index is 15.9. The van der Waals surface area contributed by atoms with Crippen LogP contribution in [0.2, 0.25) is 0 Å². The minimum atomic E-state index is -0.788. The number of hydrogen-bond acceptors (Lipinski definition) is 8. The zero-order chi connectivity index (χ0) is 55.4. The number of nitrogens with zero attached hydrogens (tertiary/aromatic N) is 1. The summed E-state index contributed by atoms with van der Waals surface area (Å²) in [7, 11) is 0. The summed E-state index contributed by atoms with van der Waals surface area (Å²) in [6.45, 7) is 20.0. The first-order valence-corrected chi connectivity index (χ1v) is 32.2. The Morgan fingerprint density at radius 1 is 0.810 bits per heavy atom. The molecule has 7 aliphatic carbocycles. The fourth-order valence-corrected chi connectivity index (χ4v) is 21.8. The Kier molecular flexibility index (Phi) is 13.6. The van der Waals surface area contributed by atoms with Crippen molar-refractivity contribution in [1.82, 2.24) is 9.55 Å². The number of ether oxygens (including phenoxy) is 2. The predicted octanol–water partition coefficient (Wildman–Crippen LogP) is 12.8. The topological polar surface area (TPSA) is 158 Å². The first-order chi connectivity index (χ1) is 37.5. The van der Waals surface area contributed by atoms with Gasteiger partial charge in [-0.15, -0.1) is 0 Å². The van der Waals surface area contributed by atoms with Crippen LogP contribution in [0.1, 0.15) is 230 Å². The van der Waals surface area contributed by atoms with Gasteiger partial charge in [-0.3, -0.25) is 9.59 Å². The molecule has 1 spiro atoms. The molecule has 0 radical (unpaired) electrons. The van der Waals surface area contributed by atoms with Gasteiger partial charge in [-0.2, -0.15) is 0 Å². The van der Waals surface area contributed by atoms with E-state index in [9.17, 15) is 20.4 Å². The Bertz CT molecular complexity index is 2860. The summed E-state index contributed by atoms with van der Waals surface area (Å²) in [5.41, 5.74) is 7.88. The Hall–Kier alpha value is -3.12. The fourth-order valence-electron chi connectivity index (χ4n) is 21.8. The van der Waals surface area contributed by atoms with Crippen molar-refractivity contribution < 1.29 is 39.5 Å². The molecule has 15 unspecified atom stereocenters. The van der Waals surface area contributed by atoms with Crippen LogP contribution in [0.3, 0.4) is 0 Å². The molecule has 1 aromatic carbocycles. The van der Waals surface area contributed by atoms with Crippen LogP contribution in [0.15, 0.2) is 41.7 Å². The number of epoxide rings is 1. The van der Waals surface area contributed by atoms with Gasteiger partial charge in [-0.1, -0.05) is 91.3 Å². The van der Waals surface area contributed by atoms with Gasteiger partial charge in [-0.05, 0) is 201 Å². The zero-order valence-corrected chi connectivity index (χ0v) is 49.6. The normalized spacial score (nSPS) is 40.4. The van der Waals surface area contributed by atoms with Crippen LogP contribution in [0.4, 0.5) is 0 Å². The van der Waals surface area contributed by atoms with Crippen molar-refractivity contribution in [3.8, 4) is 0 Å². The number of Topliss-reactive ketones (excluding diaryl/α,β-unsaturated/α-hetero) is 2. The Balaban J connectivity index is 0.951. The highest BCUT2D eigenvalue weighted by atomic mass is 16.6. The molecule has 10 nitrogen and oxygen atoms in total. The molecule has 79 heavy (non-hydrogen) atoms. The number of carbonyl (C=O) groups excluding carboxylic acids is 2. The van der Waals surface area contributed by atoms with Gasteiger partial charge in [0.2, 0.25) is 0 Å². The van der Waals surface area contributed by atoms with Crippen molar-refractivity contribution in [3.05, 3.63) is 69.6 Å². The first-order valence-electron chi connectivity index (χ1n) is 32.2. The standard InChI is InChI=1S/C69H98N2O8/c1-40(72)51(73)32-41-16-17-49(31-41)67(7)54-19-25-65(5)61(68(54,8)69(36-55(67)76)22-12-13-23-69)60(77)50-39-71-38-48(30-42-28-46(43-14-10-9-11-15-43)33-47(29-42)44-20-26-78-27-21-44)58-59(71)45(37-70-58)18-24-64(4,34-53(75)62-63(2,3)79-62)57-52(74)35-66(65,6)56(50)57/h28-29,33,37-38,40-41,43-44,49-51,53-54,60-62,70,72-73,75,77H,9-27,30-32,34-36,39H2,1-8H3. The van der Waals surface area contributed by atoms with E-state index in [2.05, 4.69) is 88.6 Å². The van der Waals surface area contributed by atoms with Gasteiger partial charge in [-0.25, -0.2) is 0 Å². The van der Waals surface area contributed by atoms with Crippen molar-refractivity contribution >= 4 is 22.6 Å². The summed E-state index contributed by atoms with van der Waals surface area (Å²) in [6.07, 6.45) is 22.6. The highest BCUT2D eigenvalue weighted by molar-refractivity contribution is 6.02. The molecular weight excluding hydrogens is 985 g/mol. The van der Waals surface area contributed by atoms with Crippen molar-refractivity contribution in [3.63, 3.8) is 0 Å². The Morgan fingerprint density at radius 3 is 2.19 bits per heavy atom. The lowest BCUT2D eigenvalue weighted by atomic mass is 9.29. The number of aliphatic hydroxyl groups is 4. The quantitative estimate of drug-likeness (QED) is 0.119. The first kappa shape index (κ1) is 55.1. The van der Waals surface area contributed by atoms with E-state index in [4.69, 9.17) is 9.47 Å². The third-order valence-corrected chi connectivity index (χ3v) is 26.2. The van der Waals surface area contributed by atoms with Gasteiger partial charge >= 0.3 is 0 Å². The van der Waals surface area contributed by atoms with E-state index < -0.39 is 57.1 Å². The molecule has 10 aliphatic rings. The highest BCUT2D eigenvalue weighted by Crippen LogP contribution is 2.81. The Labute approximate surface area is 472 Å². The lowest BCUT2D eigenvalue weighted by Crippen LogP contribution is -2.73. The Morgan fingerprint density at radius 2 is 1.51 bits per heavy atom. The molecule has 5 N–H and O–H groups in total. The summed E-state index contributed by atoms with van der Waals surface area (Å²) in [5.74, 6) is 1.64. The molecule has 0 bridgehead atoms. The summed E-state index contributed by atoms with van der Waals surface area (Å²) in [6, 6.07) is 7.60. The van der Waals surface area contributed by atoms with Crippen LogP contribution in [0.25, 0.3) is 11.0 Å². The van der Waals surface area contributed by atoms with Crippen molar-refractivity contribution in [2.24, 2.45) is 62.1 Å². The van der Waals surface area contributed by atoms with Gasteiger partial charge < -0.3 is 39.5 Å². The number of benzene rings is 1. The largest absolute Gasteiger partial charge is 0.392 e. The number of H-pyrrole nitrogens is 1. The van der Waals surface area contributed by atoms with E-state index in [1.807, 2.05) is 0 Å². The van der Waals surface area contributed by atoms with E-state index >= 15 is 9.59 Å². The molecular formula is C69H98N2O8. The number of hydrogen-bond donors (Lipinski definition) is 5. The lowest BCUT2D eigenvalue weighted by Gasteiger charge is -2.74. The van der Waals surface area contributed by atoms with Crippen molar-refractivity contribution in [2.45, 2.75) is 258 Å². The second-order valence-electron chi connectivity index (χ2n) is 30.6. The summed E-state index contributed by atoms with van der Waals surface area (Å²) >= 11 is 0. The van der Waals surface area contributed by atoms with E-state index in [1.54, 1.807) is 6.92 Å². The van der Waals surface area contributed by atoms with Gasteiger partial charge in [0.1, 0.15) is 11.9 Å². The van der Waals surface area contributed by atoms with E-state index in [0.717, 1.165) is 108 Å². The maximum Gasteiger partial charge on any atom is 0.160 e. The molecule has 2 aromatic heterocycles. The lowest BCUT2D eigenvalue weighted by molar-refractivity contribution is -0.266. The molecule has 6 saturated carbocycles. The van der Waals surface area contributed by atoms with Crippen molar-refractivity contribution in [1.29, 1.82) is 0 Å². The molecule has 10 heteroatoms. The van der Waals surface area contributed by atoms with Crippen LogP contribution < -0.4 is 0 Å². The fraction of sp³-hybridized carbons (Fsp3) is 0.768. The summed E-state index contributed by atoms with van der Waals surface area (Å²) in [5, 5.41) is 48.0. The molecule has 13 rings (SSSR count). The molecule has 3 aliphatic heterocycles. The van der Waals surface area contributed by atoms with Gasteiger partial charge in [0.05, 0.1) is 41.1 Å². The SMILES string of the molecule is CC(O)C(O)CC1CCC(C2(C)C(=O)CC3(CCCC3)C3(C)C2CCC2(C)C3C(O)C3Cn4cc(Cc5cc(C6CCCCC6)cc(C6CCOCC6)c5)c5[nH]cc(c54)CCC(C)(CC(O)C4OC4(C)C)C4=C3C2(C)CC4=O)C1. The molecule has 0 amide bonds. The number of carbonyl (C=O) groups is 2. The van der Waals surface area contributed by atoms with Gasteiger partial charge in [0.15, 0.2) is 5.78 Å². The predicted molar refractivity (Wildman–Crippen MR) is 309 cm³/mol. The van der Waals surface area contributed by atoms with Crippen LogP contribution in [0, 0.1) is 62.1 Å². The highest BCUT2D eigenvalue weighted by Gasteiger charge is 2.78. The number of fused-ring (bicyclic) bond motifs is 5. The molecule has 8 fully saturated rings. The van der Waals surface area contributed by atoms with Crippen LogP contribution in [-0.4, -0.2) is 90.9 Å². The number of ketones is 2. The molecule has 3 aromatic rings. The molecule has 432 valence electrons. The molecule has 15 atom stereocenters. The number of aromatic nitrogens is 2. The second kappa shape index (κ2) is 19.5. The number of aryl methyl sites for hydroxylation is 1. The summed E-state index contributed by atoms with van der Waals surface area (Å²) < 4.78 is 14.5. The van der Waals surface area contributed by atoms with Gasteiger partial charge in [0, 0.05) is 73.7 Å². The zero-order valence-electron chi connectivity index (χ0n) is 49.6. The number of aliphatic hydroxyl groups excluding tert-OH is 4. The average Bonchev–Trinajstić information content (AvgIpc) is 4.28. The van der Waals surface area contributed by atoms with Crippen LogP contribution in [-0.2, 0) is 38.4 Å². The second-order valence-corrected chi connectivity index (χ2v) is 30.6. The van der Waals surface area contributed by atoms with E-state index in [1.165, 1.54) is 71.0 Å². The average molecular weight is 1080 g/mol. The minimum Gasteiger partial charge on any atom is -0.392 e. The van der Waals surface area contributed by atoms with E-state index in [-0.39, 0.29) is 46.9 Å². The van der Waals surface area contributed by atoms with Gasteiger partial charge in [0.25, 0.3) is 0 Å². The monoisotopic (exact) mass is 1080 g/mol. The summed E-state index contributed by atoms with van der Waals surface area (Å²) in [4.78, 5) is 35.3. The number of rotatable bonds is 11. The molecule has 5 heterocycles. The minimum absolute atomic E-state index is 0.0571. The number of nitrogens with one attached hydrogen (secondary N) is 1. The number of aromatic amines is 1. The third-order valence-electron chi connectivity index (χ3n) is 26.2. The molecule has 2 saturated heterocycles. The smallest absolute Gasteiger partial charge is 0.160 e. The van der Waals surface area contributed by atoms with Crippen molar-refractivity contribution in [2.75, 3.05) is 13.2 Å².